The first-order valence-corrected chi connectivity index (χ1v) is 15.1. The predicted molar refractivity (Wildman–Crippen MR) is 152 cm³/mol. The average molecular weight is 625 g/mol. The lowest BCUT2D eigenvalue weighted by molar-refractivity contribution is -0.137. The number of aliphatic hydroxyl groups excluding tert-OH is 1. The van der Waals surface area contributed by atoms with E-state index in [0.29, 0.717) is 18.7 Å². The smallest absolute Gasteiger partial charge is 0.416 e. The van der Waals surface area contributed by atoms with E-state index in [4.69, 9.17) is 9.26 Å². The molecule has 2 N–H and O–H groups in total. The van der Waals surface area contributed by atoms with E-state index < -0.39 is 39.8 Å². The van der Waals surface area contributed by atoms with E-state index in [9.17, 15) is 31.5 Å². The Hall–Kier alpha value is -3.62. The number of aliphatic hydroxyl groups is 1. The van der Waals surface area contributed by atoms with Crippen molar-refractivity contribution in [3.63, 3.8) is 0 Å². The zero-order valence-electron chi connectivity index (χ0n) is 24.5. The van der Waals surface area contributed by atoms with Gasteiger partial charge in [0.15, 0.2) is 10.7 Å². The number of ether oxygens (including phenoxy) is 1. The molecule has 234 valence electrons. The van der Waals surface area contributed by atoms with Crippen LogP contribution in [-0.2, 0) is 22.7 Å². The normalized spacial score (nSPS) is 18.6. The Morgan fingerprint density at radius 1 is 1.19 bits per heavy atom. The number of alkyl halides is 3. The van der Waals surface area contributed by atoms with E-state index in [1.54, 1.807) is 6.92 Å². The van der Waals surface area contributed by atoms with Crippen molar-refractivity contribution >= 4 is 21.6 Å². The Bertz CT molecular complexity index is 1540. The van der Waals surface area contributed by atoms with Crippen LogP contribution in [0.2, 0.25) is 0 Å². The third kappa shape index (κ3) is 7.31. The number of nitrogens with one attached hydrogen (secondary N) is 1. The molecule has 0 radical (unpaired) electrons. The topological polar surface area (TPSA) is 125 Å². The number of nitrogens with zero attached hydrogens (tertiary/aromatic N) is 3. The molecule has 3 atom stereocenters. The first-order valence-electron chi connectivity index (χ1n) is 13.6. The van der Waals surface area contributed by atoms with Crippen molar-refractivity contribution in [3.8, 4) is 5.75 Å². The van der Waals surface area contributed by atoms with Crippen LogP contribution in [0.1, 0.15) is 46.8 Å². The molecule has 1 aromatic heterocycles. The summed E-state index contributed by atoms with van der Waals surface area (Å²) in [5.74, 6) is -0.270. The summed E-state index contributed by atoms with van der Waals surface area (Å²) in [5.41, 5.74) is 0.397. The van der Waals surface area contributed by atoms with Crippen LogP contribution >= 0.6 is 0 Å². The molecule has 0 saturated carbocycles. The Balaban J connectivity index is 1.61. The Morgan fingerprint density at radius 2 is 1.86 bits per heavy atom. The standard InChI is InChI=1S/C29H35F3N4O6S/c1-17-13-36(18(2)16-37)28(38)24-12-23(34-43(39,40)27-19(3)33-42-20(27)4)10-11-25(24)41-26(17)15-35(5)14-21-6-8-22(9-7-21)29(30,31)32/h6-12,17-18,26,34,37H,13-16H2,1-5H3/t17-,18+,26+/m1/s1. The summed E-state index contributed by atoms with van der Waals surface area (Å²) in [6, 6.07) is 8.82. The van der Waals surface area contributed by atoms with Gasteiger partial charge in [-0.25, -0.2) is 8.42 Å². The second-order valence-corrected chi connectivity index (χ2v) is 12.6. The average Bonchev–Trinajstić information content (AvgIpc) is 3.28. The van der Waals surface area contributed by atoms with Crippen LogP contribution < -0.4 is 9.46 Å². The van der Waals surface area contributed by atoms with Crippen LogP contribution in [0.25, 0.3) is 0 Å². The van der Waals surface area contributed by atoms with Crippen molar-refractivity contribution in [2.24, 2.45) is 5.92 Å². The molecule has 4 rings (SSSR count). The van der Waals surface area contributed by atoms with Gasteiger partial charge in [-0.1, -0.05) is 24.2 Å². The number of carbonyl (C=O) groups excluding carboxylic acids is 1. The minimum Gasteiger partial charge on any atom is -0.488 e. The van der Waals surface area contributed by atoms with Gasteiger partial charge in [-0.05, 0) is 63.7 Å². The molecule has 0 aliphatic carbocycles. The number of halogens is 3. The van der Waals surface area contributed by atoms with Crippen molar-refractivity contribution in [2.45, 2.75) is 57.5 Å². The van der Waals surface area contributed by atoms with Crippen LogP contribution in [0, 0.1) is 19.8 Å². The number of hydrogen-bond acceptors (Lipinski definition) is 8. The minimum atomic E-state index is -4.41. The van der Waals surface area contributed by atoms with Crippen LogP contribution in [0.3, 0.4) is 0 Å². The highest BCUT2D eigenvalue weighted by Crippen LogP contribution is 2.33. The van der Waals surface area contributed by atoms with E-state index in [-0.39, 0.29) is 52.4 Å². The van der Waals surface area contributed by atoms with Gasteiger partial charge in [0.2, 0.25) is 0 Å². The van der Waals surface area contributed by atoms with Crippen LogP contribution in [-0.4, -0.2) is 73.3 Å². The maximum atomic E-state index is 13.7. The molecule has 14 heteroatoms. The molecule has 0 spiro atoms. The largest absolute Gasteiger partial charge is 0.488 e. The third-order valence-corrected chi connectivity index (χ3v) is 9.00. The molecule has 3 aromatic rings. The first kappa shape index (κ1) is 32.3. The molecule has 43 heavy (non-hydrogen) atoms. The lowest BCUT2D eigenvalue weighted by atomic mass is 9.99. The SMILES string of the molecule is Cc1noc(C)c1S(=O)(=O)Nc1ccc2c(c1)C(=O)N([C@@H](C)CO)C[C@@H](C)[C@H](CN(C)Cc1ccc(C(F)(F)F)cc1)O2. The molecule has 2 heterocycles. The highest BCUT2D eigenvalue weighted by Gasteiger charge is 2.34. The van der Waals surface area contributed by atoms with Crippen LogP contribution in [0.5, 0.6) is 5.75 Å². The molecule has 1 amide bonds. The number of carbonyl (C=O) groups is 1. The molecule has 10 nitrogen and oxygen atoms in total. The lowest BCUT2D eigenvalue weighted by Gasteiger charge is -2.38. The molecular weight excluding hydrogens is 589 g/mol. The number of anilines is 1. The Kier molecular flexibility index (Phi) is 9.42. The summed E-state index contributed by atoms with van der Waals surface area (Å²) in [4.78, 5) is 17.0. The second kappa shape index (κ2) is 12.5. The number of hydrogen-bond donors (Lipinski definition) is 2. The van der Waals surface area contributed by atoms with Gasteiger partial charge in [-0.3, -0.25) is 14.4 Å². The minimum absolute atomic E-state index is 0.0951. The van der Waals surface area contributed by atoms with Crippen LogP contribution in [0.15, 0.2) is 51.9 Å². The van der Waals surface area contributed by atoms with Crippen LogP contribution in [0.4, 0.5) is 18.9 Å². The number of aromatic nitrogens is 1. The summed E-state index contributed by atoms with van der Waals surface area (Å²) in [5, 5.41) is 13.6. The van der Waals surface area contributed by atoms with Gasteiger partial charge in [0, 0.05) is 31.2 Å². The number of fused-ring (bicyclic) bond motifs is 1. The number of likely N-dealkylation sites (N-methyl/N-ethyl adjacent to an activating group) is 1. The molecule has 0 fully saturated rings. The Morgan fingerprint density at radius 3 is 2.44 bits per heavy atom. The fourth-order valence-corrected chi connectivity index (χ4v) is 6.43. The van der Waals surface area contributed by atoms with Gasteiger partial charge in [-0.15, -0.1) is 0 Å². The quantitative estimate of drug-likeness (QED) is 0.358. The number of sulfonamides is 1. The van der Waals surface area contributed by atoms with Crippen molar-refractivity contribution in [2.75, 3.05) is 31.5 Å². The zero-order chi connectivity index (χ0) is 31.7. The van der Waals surface area contributed by atoms with E-state index in [2.05, 4.69) is 9.88 Å². The summed E-state index contributed by atoms with van der Waals surface area (Å²) >= 11 is 0. The molecule has 0 saturated heterocycles. The molecule has 0 unspecified atom stereocenters. The maximum absolute atomic E-state index is 13.7. The van der Waals surface area contributed by atoms with E-state index >= 15 is 0 Å². The number of aryl methyl sites for hydroxylation is 2. The van der Waals surface area contributed by atoms with Gasteiger partial charge in [0.25, 0.3) is 15.9 Å². The third-order valence-electron chi connectivity index (χ3n) is 7.38. The van der Waals surface area contributed by atoms with Gasteiger partial charge < -0.3 is 19.3 Å². The lowest BCUT2D eigenvalue weighted by Crippen LogP contribution is -2.49. The van der Waals surface area contributed by atoms with Crippen molar-refractivity contribution in [1.82, 2.24) is 15.0 Å². The Labute approximate surface area is 248 Å². The molecule has 1 aliphatic rings. The highest BCUT2D eigenvalue weighted by molar-refractivity contribution is 7.92. The number of rotatable bonds is 9. The number of amides is 1. The summed E-state index contributed by atoms with van der Waals surface area (Å²) < 4.78 is 78.9. The molecule has 1 aliphatic heterocycles. The summed E-state index contributed by atoms with van der Waals surface area (Å²) in [6.45, 7) is 7.30. The zero-order valence-corrected chi connectivity index (χ0v) is 25.3. The van der Waals surface area contributed by atoms with Gasteiger partial charge in [-0.2, -0.15) is 13.2 Å². The maximum Gasteiger partial charge on any atom is 0.416 e. The van der Waals surface area contributed by atoms with E-state index in [1.807, 2.05) is 18.9 Å². The fraction of sp³-hybridized carbons (Fsp3) is 0.448. The number of benzene rings is 2. The van der Waals surface area contributed by atoms with E-state index in [0.717, 1.165) is 12.1 Å². The van der Waals surface area contributed by atoms with Crippen molar-refractivity contribution < 1.29 is 40.8 Å². The highest BCUT2D eigenvalue weighted by atomic mass is 32.2. The van der Waals surface area contributed by atoms with Crippen molar-refractivity contribution in [1.29, 1.82) is 0 Å². The molecule has 2 aromatic carbocycles. The fourth-order valence-electron chi connectivity index (χ4n) is 5.05. The van der Waals surface area contributed by atoms with E-state index in [1.165, 1.54) is 49.1 Å². The second-order valence-electron chi connectivity index (χ2n) is 11.0. The first-order chi connectivity index (χ1) is 20.1. The summed E-state index contributed by atoms with van der Waals surface area (Å²) in [7, 11) is -2.26. The van der Waals surface area contributed by atoms with Gasteiger partial charge >= 0.3 is 6.18 Å². The predicted octanol–water partition coefficient (Wildman–Crippen LogP) is 4.46. The monoisotopic (exact) mass is 624 g/mol. The molecular formula is C29H35F3N4O6S. The summed E-state index contributed by atoms with van der Waals surface area (Å²) in [6.07, 6.45) is -4.87. The van der Waals surface area contributed by atoms with Gasteiger partial charge in [0.1, 0.15) is 17.5 Å². The van der Waals surface area contributed by atoms with Gasteiger partial charge in [0.05, 0.1) is 23.8 Å². The molecule has 0 bridgehead atoms. The van der Waals surface area contributed by atoms with Crippen molar-refractivity contribution in [3.05, 3.63) is 70.6 Å².